The van der Waals surface area contributed by atoms with Gasteiger partial charge in [-0.25, -0.2) is 0 Å². The quantitative estimate of drug-likeness (QED) is 0.392. The Labute approximate surface area is 168 Å². The van der Waals surface area contributed by atoms with Gasteiger partial charge in [-0.05, 0) is 0 Å². The summed E-state index contributed by atoms with van der Waals surface area (Å²) < 4.78 is 15.4. The van der Waals surface area contributed by atoms with Crippen LogP contribution in [0.5, 0.6) is 0 Å². The van der Waals surface area contributed by atoms with Crippen molar-refractivity contribution in [1.82, 2.24) is 0 Å². The molecule has 0 aliphatic heterocycles. The molecule has 2 unspecified atom stereocenters. The van der Waals surface area contributed by atoms with Crippen molar-refractivity contribution in [3.63, 3.8) is 0 Å². The fraction of sp³-hybridized carbons (Fsp3) is 0.333. The van der Waals surface area contributed by atoms with Gasteiger partial charge in [0.1, 0.15) is 0 Å². The number of fused-ring (bicyclic) bond motifs is 2. The van der Waals surface area contributed by atoms with E-state index < -0.39 is 40.5 Å². The van der Waals surface area contributed by atoms with Gasteiger partial charge in [0.05, 0.1) is 0 Å². The fourth-order valence-corrected chi connectivity index (χ4v) is 36.7. The third-order valence-corrected chi connectivity index (χ3v) is 28.0. The number of hydrogen-bond acceptors (Lipinski definition) is 0. The molecule has 134 valence electrons. The normalized spacial score (nSPS) is 21.1. The van der Waals surface area contributed by atoms with Crippen LogP contribution in [0.25, 0.3) is 12.2 Å². The SMILES string of the molecule is [CH3][Zr]([CH3])([CH2][CH2][Zr]([CH3])([CH3])[CH]1C=Cc2ccccc21)[CH]1C=Cc2ccccc21. The molecule has 4 rings (SSSR count). The molecule has 0 amide bonds. The summed E-state index contributed by atoms with van der Waals surface area (Å²) in [6.45, 7) is 0. The Morgan fingerprint density at radius 1 is 0.615 bits per heavy atom. The standard InChI is InChI=1S/2C9H7.C2H4.4CH3.2Zr/c2*1-2-5-9-7-3-6-8(9)4-1;1-2;;;;;;/h2*1-7H;1-2H2;4*1H3;;. The van der Waals surface area contributed by atoms with Crippen molar-refractivity contribution in [2.24, 2.45) is 0 Å². The first kappa shape index (κ1) is 19.0. The molecule has 0 bridgehead atoms. The third-order valence-electron chi connectivity index (χ3n) is 6.70. The van der Waals surface area contributed by atoms with Gasteiger partial charge >= 0.3 is 170 Å². The van der Waals surface area contributed by atoms with Crippen molar-refractivity contribution in [2.75, 3.05) is 0 Å². The second kappa shape index (κ2) is 7.26. The maximum absolute atomic E-state index is 2.69. The zero-order valence-electron chi connectivity index (χ0n) is 16.5. The van der Waals surface area contributed by atoms with E-state index >= 15 is 0 Å². The van der Waals surface area contributed by atoms with Crippen LogP contribution in [-0.4, -0.2) is 0 Å². The molecule has 2 aromatic rings. The average Bonchev–Trinajstić information content (AvgIpc) is 3.25. The van der Waals surface area contributed by atoms with Crippen molar-refractivity contribution < 1.29 is 40.5 Å². The van der Waals surface area contributed by atoms with E-state index in [0.717, 1.165) is 7.25 Å². The second-order valence-corrected chi connectivity index (χ2v) is 34.5. The molecule has 0 aromatic heterocycles. The van der Waals surface area contributed by atoms with Crippen LogP contribution < -0.4 is 0 Å². The van der Waals surface area contributed by atoms with Gasteiger partial charge < -0.3 is 0 Å². The molecule has 0 fully saturated rings. The average molecular weight is 501 g/mol. The number of hydrogen-bond donors (Lipinski definition) is 0. The fourth-order valence-electron chi connectivity index (χ4n) is 4.82. The molecular weight excluding hydrogens is 471 g/mol. The van der Waals surface area contributed by atoms with E-state index in [-0.39, 0.29) is 0 Å². The van der Waals surface area contributed by atoms with Gasteiger partial charge in [-0.15, -0.1) is 0 Å². The number of rotatable bonds is 5. The minimum atomic E-state index is -2.18. The molecule has 0 nitrogen and oxygen atoms in total. The van der Waals surface area contributed by atoms with Crippen molar-refractivity contribution in [1.29, 1.82) is 0 Å². The van der Waals surface area contributed by atoms with E-state index in [1.165, 1.54) is 19.4 Å². The van der Waals surface area contributed by atoms with E-state index in [4.69, 9.17) is 0 Å². The van der Waals surface area contributed by atoms with Crippen LogP contribution >= 0.6 is 0 Å². The van der Waals surface area contributed by atoms with Crippen LogP contribution in [0.1, 0.15) is 29.5 Å². The minimum absolute atomic E-state index is 0.772. The molecule has 2 aromatic carbocycles. The summed E-state index contributed by atoms with van der Waals surface area (Å²) in [7, 11) is 0. The van der Waals surface area contributed by atoms with Gasteiger partial charge in [-0.1, -0.05) is 0 Å². The zero-order valence-corrected chi connectivity index (χ0v) is 21.4. The summed E-state index contributed by atoms with van der Waals surface area (Å²) >= 11 is -4.35. The molecule has 2 aliphatic rings. The Morgan fingerprint density at radius 2 is 1.00 bits per heavy atom. The van der Waals surface area contributed by atoms with Gasteiger partial charge in [0, 0.05) is 0 Å². The molecule has 0 N–H and O–H groups in total. The van der Waals surface area contributed by atoms with Gasteiger partial charge in [0.2, 0.25) is 0 Å². The molecule has 2 atom stereocenters. The van der Waals surface area contributed by atoms with Crippen molar-refractivity contribution in [3.8, 4) is 0 Å². The van der Waals surface area contributed by atoms with Crippen LogP contribution in [0.2, 0.25) is 26.8 Å². The van der Waals surface area contributed by atoms with Crippen LogP contribution in [0.3, 0.4) is 0 Å². The summed E-state index contributed by atoms with van der Waals surface area (Å²) in [4.78, 5) is 0. The van der Waals surface area contributed by atoms with Gasteiger partial charge in [-0.2, -0.15) is 0 Å². The molecule has 2 heteroatoms. The molecule has 0 saturated carbocycles. The van der Waals surface area contributed by atoms with Crippen molar-refractivity contribution in [3.05, 3.63) is 82.9 Å². The maximum atomic E-state index is 2.69. The van der Waals surface area contributed by atoms with Gasteiger partial charge in [0.25, 0.3) is 0 Å². The summed E-state index contributed by atoms with van der Waals surface area (Å²) in [6.07, 6.45) is 9.83. The molecule has 2 aliphatic carbocycles. The molecule has 0 spiro atoms. The van der Waals surface area contributed by atoms with Crippen LogP contribution in [0.15, 0.2) is 60.7 Å². The van der Waals surface area contributed by atoms with Crippen LogP contribution in [0, 0.1) is 0 Å². The summed E-state index contributed by atoms with van der Waals surface area (Å²) in [5.41, 5.74) is 6.18. The Morgan fingerprint density at radius 3 is 1.42 bits per heavy atom. The summed E-state index contributed by atoms with van der Waals surface area (Å²) in [6, 6.07) is 18.1. The first-order chi connectivity index (χ1) is 12.4. The molecule has 0 radical (unpaired) electrons. The molecule has 0 saturated heterocycles. The van der Waals surface area contributed by atoms with Gasteiger partial charge in [-0.3, -0.25) is 0 Å². The topological polar surface area (TPSA) is 0 Å². The number of allylic oxidation sites excluding steroid dienone is 2. The second-order valence-electron chi connectivity index (χ2n) is 9.41. The Hall–Kier alpha value is -0.314. The Bertz CT molecular complexity index is 800. The van der Waals surface area contributed by atoms with E-state index in [1.54, 1.807) is 11.1 Å². The van der Waals surface area contributed by atoms with E-state index in [2.05, 4.69) is 91.4 Å². The summed E-state index contributed by atoms with van der Waals surface area (Å²) in [5.74, 6) is 0. The first-order valence-corrected chi connectivity index (χ1v) is 26.1. The Balaban J connectivity index is 1.50. The van der Waals surface area contributed by atoms with Gasteiger partial charge in [0.15, 0.2) is 0 Å². The predicted molar refractivity (Wildman–Crippen MR) is 110 cm³/mol. The first-order valence-electron chi connectivity index (χ1n) is 9.93. The number of benzene rings is 2. The van der Waals surface area contributed by atoms with E-state index in [0.29, 0.717) is 0 Å². The molecular formula is C24H30Zr2. The molecule has 0 heterocycles. The third kappa shape index (κ3) is 3.54. The van der Waals surface area contributed by atoms with Crippen molar-refractivity contribution in [2.45, 2.75) is 34.0 Å². The van der Waals surface area contributed by atoms with E-state index in [1.807, 2.05) is 0 Å². The monoisotopic (exact) mass is 498 g/mol. The van der Waals surface area contributed by atoms with Crippen molar-refractivity contribution >= 4 is 12.2 Å². The predicted octanol–water partition coefficient (Wildman–Crippen LogP) is 7.86. The molecule has 26 heavy (non-hydrogen) atoms. The zero-order chi connectivity index (χ0) is 18.4. The van der Waals surface area contributed by atoms with Crippen LogP contribution in [0.4, 0.5) is 0 Å². The summed E-state index contributed by atoms with van der Waals surface area (Å²) in [5, 5.41) is 0. The Kier molecular flexibility index (Phi) is 5.31. The van der Waals surface area contributed by atoms with Crippen LogP contribution in [-0.2, 0) is 40.5 Å². The van der Waals surface area contributed by atoms with E-state index in [9.17, 15) is 0 Å².